The highest BCUT2D eigenvalue weighted by Crippen LogP contribution is 2.40. The molecule has 0 aromatic carbocycles. The van der Waals surface area contributed by atoms with Gasteiger partial charge in [0, 0.05) is 42.1 Å². The molecule has 0 spiro atoms. The third-order valence-electron chi connectivity index (χ3n) is 4.95. The van der Waals surface area contributed by atoms with Crippen LogP contribution < -0.4 is 5.73 Å². The maximum atomic E-state index is 9.62. The molecule has 2 N–H and O–H groups in total. The van der Waals surface area contributed by atoms with Crippen molar-refractivity contribution in [3.8, 4) is 17.2 Å². The third-order valence-corrected chi connectivity index (χ3v) is 4.95. The lowest BCUT2D eigenvalue weighted by molar-refractivity contribution is -0.0598. The molecular formula is C19H25N5O. The molecule has 1 aliphatic heterocycles. The van der Waals surface area contributed by atoms with E-state index in [2.05, 4.69) is 30.0 Å². The van der Waals surface area contributed by atoms with Crippen molar-refractivity contribution in [1.82, 2.24) is 14.8 Å². The van der Waals surface area contributed by atoms with Crippen molar-refractivity contribution < 1.29 is 4.74 Å². The van der Waals surface area contributed by atoms with E-state index in [0.29, 0.717) is 18.0 Å². The number of pyridine rings is 1. The molecule has 6 heteroatoms. The average molecular weight is 339 g/mol. The van der Waals surface area contributed by atoms with Gasteiger partial charge in [-0.25, -0.2) is 4.98 Å². The van der Waals surface area contributed by atoms with Crippen molar-refractivity contribution >= 4 is 5.82 Å². The van der Waals surface area contributed by atoms with Crippen molar-refractivity contribution in [2.24, 2.45) is 0 Å². The molecule has 3 rings (SSSR count). The number of anilines is 1. The fraction of sp³-hybridized carbons (Fsp3) is 0.526. The van der Waals surface area contributed by atoms with E-state index in [1.165, 1.54) is 0 Å². The molecule has 132 valence electrons. The number of nitriles is 1. The van der Waals surface area contributed by atoms with E-state index < -0.39 is 0 Å². The van der Waals surface area contributed by atoms with Crippen LogP contribution in [0.15, 0.2) is 12.4 Å². The zero-order valence-electron chi connectivity index (χ0n) is 15.3. The van der Waals surface area contributed by atoms with E-state index in [4.69, 9.17) is 10.5 Å². The Kier molecular flexibility index (Phi) is 4.53. The molecule has 2 aromatic heterocycles. The fourth-order valence-corrected chi connectivity index (χ4v) is 3.72. The maximum absolute atomic E-state index is 9.62. The van der Waals surface area contributed by atoms with Crippen LogP contribution in [0, 0.1) is 18.3 Å². The van der Waals surface area contributed by atoms with E-state index >= 15 is 0 Å². The quantitative estimate of drug-likeness (QED) is 0.925. The van der Waals surface area contributed by atoms with Crippen molar-refractivity contribution in [3.05, 3.63) is 29.2 Å². The molecule has 25 heavy (non-hydrogen) atoms. The first-order chi connectivity index (χ1) is 11.9. The summed E-state index contributed by atoms with van der Waals surface area (Å²) in [5.41, 5.74) is 10.2. The Morgan fingerprint density at radius 1 is 1.48 bits per heavy atom. The van der Waals surface area contributed by atoms with Crippen LogP contribution in [0.5, 0.6) is 0 Å². The van der Waals surface area contributed by atoms with Crippen LogP contribution in [0.25, 0.3) is 11.1 Å². The van der Waals surface area contributed by atoms with E-state index in [1.807, 2.05) is 24.7 Å². The van der Waals surface area contributed by atoms with Gasteiger partial charge in [0.1, 0.15) is 17.5 Å². The van der Waals surface area contributed by atoms with Crippen LogP contribution in [0.4, 0.5) is 5.82 Å². The lowest BCUT2D eigenvalue weighted by atomic mass is 9.82. The Bertz CT molecular complexity index is 831. The molecule has 0 aliphatic carbocycles. The smallest absolute Gasteiger partial charge is 0.142 e. The second kappa shape index (κ2) is 6.49. The summed E-state index contributed by atoms with van der Waals surface area (Å²) >= 11 is 0. The normalized spacial score (nSPS) is 19.6. The van der Waals surface area contributed by atoms with Crippen molar-refractivity contribution in [3.63, 3.8) is 0 Å². The molecule has 2 aromatic rings. The first-order valence-corrected chi connectivity index (χ1v) is 8.73. The van der Waals surface area contributed by atoms with Gasteiger partial charge < -0.3 is 10.5 Å². The predicted octanol–water partition coefficient (Wildman–Crippen LogP) is 3.40. The lowest BCUT2D eigenvalue weighted by Crippen LogP contribution is -2.33. The third kappa shape index (κ3) is 3.24. The molecule has 0 amide bonds. The summed E-state index contributed by atoms with van der Waals surface area (Å²) < 4.78 is 7.69. The van der Waals surface area contributed by atoms with Crippen LogP contribution in [-0.2, 0) is 11.3 Å². The van der Waals surface area contributed by atoms with Gasteiger partial charge in [-0.15, -0.1) is 0 Å². The van der Waals surface area contributed by atoms with Gasteiger partial charge in [0.2, 0.25) is 0 Å². The zero-order valence-corrected chi connectivity index (χ0v) is 15.3. The molecule has 1 fully saturated rings. The Labute approximate surface area is 148 Å². The van der Waals surface area contributed by atoms with Gasteiger partial charge in [0.15, 0.2) is 0 Å². The van der Waals surface area contributed by atoms with Gasteiger partial charge in [-0.3, -0.25) is 4.68 Å². The first-order valence-electron chi connectivity index (χ1n) is 8.73. The molecule has 0 radical (unpaired) electrons. The van der Waals surface area contributed by atoms with Crippen LogP contribution in [-0.4, -0.2) is 27.0 Å². The second-order valence-corrected chi connectivity index (χ2v) is 7.25. The topological polar surface area (TPSA) is 89.8 Å². The Balaban J connectivity index is 2.14. The summed E-state index contributed by atoms with van der Waals surface area (Å²) in [6.45, 7) is 9.76. The van der Waals surface area contributed by atoms with Gasteiger partial charge >= 0.3 is 0 Å². The lowest BCUT2D eigenvalue weighted by Gasteiger charge is -2.36. The molecule has 1 aliphatic rings. The molecule has 6 nitrogen and oxygen atoms in total. The SMILES string of the molecule is CCn1cc(-c2c(C)c([C@H]3CCOC(C)(C)C3)nc(N)c2C#N)cn1. The van der Waals surface area contributed by atoms with E-state index in [1.54, 1.807) is 6.20 Å². The maximum Gasteiger partial charge on any atom is 0.142 e. The fourth-order valence-electron chi connectivity index (χ4n) is 3.72. The Morgan fingerprint density at radius 3 is 2.84 bits per heavy atom. The summed E-state index contributed by atoms with van der Waals surface area (Å²) in [6.07, 6.45) is 5.56. The monoisotopic (exact) mass is 339 g/mol. The highest BCUT2D eigenvalue weighted by molar-refractivity contribution is 5.78. The average Bonchev–Trinajstić information content (AvgIpc) is 3.03. The van der Waals surface area contributed by atoms with Gasteiger partial charge in [-0.1, -0.05) is 0 Å². The van der Waals surface area contributed by atoms with Crippen molar-refractivity contribution in [1.29, 1.82) is 5.26 Å². The molecule has 1 atom stereocenters. The van der Waals surface area contributed by atoms with Crippen LogP contribution >= 0.6 is 0 Å². The van der Waals surface area contributed by atoms with Crippen molar-refractivity contribution in [2.45, 2.75) is 58.6 Å². The minimum Gasteiger partial charge on any atom is -0.383 e. The van der Waals surface area contributed by atoms with Crippen molar-refractivity contribution in [2.75, 3.05) is 12.3 Å². The Morgan fingerprint density at radius 2 is 2.24 bits per heavy atom. The Hall–Kier alpha value is -2.39. The highest BCUT2D eigenvalue weighted by Gasteiger charge is 2.32. The van der Waals surface area contributed by atoms with Gasteiger partial charge in [0.05, 0.1) is 11.8 Å². The second-order valence-electron chi connectivity index (χ2n) is 7.25. The van der Waals surface area contributed by atoms with Crippen LogP contribution in [0.2, 0.25) is 0 Å². The highest BCUT2D eigenvalue weighted by atomic mass is 16.5. The molecule has 3 heterocycles. The van der Waals surface area contributed by atoms with E-state index in [-0.39, 0.29) is 11.5 Å². The van der Waals surface area contributed by atoms with Crippen LogP contribution in [0.1, 0.15) is 56.4 Å². The van der Waals surface area contributed by atoms with Gasteiger partial charge in [-0.2, -0.15) is 10.4 Å². The standard InChI is InChI=1S/C19H25N5O/c1-5-24-11-14(10-22-24)16-12(2)17(23-18(21)15(16)9-20)13-6-7-25-19(3,4)8-13/h10-11,13H,5-8H2,1-4H3,(H2,21,23)/t13-/m0/s1. The zero-order chi connectivity index (χ0) is 18.2. The number of aromatic nitrogens is 3. The van der Waals surface area contributed by atoms with E-state index in [9.17, 15) is 5.26 Å². The molecular weight excluding hydrogens is 314 g/mol. The summed E-state index contributed by atoms with van der Waals surface area (Å²) in [5.74, 6) is 0.574. The molecule has 1 saturated heterocycles. The first kappa shape index (κ1) is 17.4. The number of hydrogen-bond donors (Lipinski definition) is 1. The number of hydrogen-bond acceptors (Lipinski definition) is 5. The molecule has 0 saturated carbocycles. The number of nitrogen functional groups attached to an aromatic ring is 1. The minimum atomic E-state index is -0.174. The van der Waals surface area contributed by atoms with Gasteiger partial charge in [-0.05, 0) is 46.1 Å². The number of ether oxygens (including phenoxy) is 1. The predicted molar refractivity (Wildman–Crippen MR) is 97.0 cm³/mol. The number of aryl methyl sites for hydroxylation is 1. The number of nitrogens with two attached hydrogens (primary N) is 1. The van der Waals surface area contributed by atoms with Gasteiger partial charge in [0.25, 0.3) is 0 Å². The summed E-state index contributed by atoms with van der Waals surface area (Å²) in [4.78, 5) is 4.62. The summed E-state index contributed by atoms with van der Waals surface area (Å²) in [6, 6.07) is 2.23. The summed E-state index contributed by atoms with van der Waals surface area (Å²) in [5, 5.41) is 14.0. The number of rotatable bonds is 3. The molecule has 0 unspecified atom stereocenters. The van der Waals surface area contributed by atoms with Crippen LogP contribution in [0.3, 0.4) is 0 Å². The largest absolute Gasteiger partial charge is 0.383 e. The number of nitrogens with zero attached hydrogens (tertiary/aromatic N) is 4. The molecule has 0 bridgehead atoms. The summed E-state index contributed by atoms with van der Waals surface area (Å²) in [7, 11) is 0. The van der Waals surface area contributed by atoms with E-state index in [0.717, 1.165) is 41.8 Å². The minimum absolute atomic E-state index is 0.174.